The van der Waals surface area contributed by atoms with Crippen molar-refractivity contribution in [1.82, 2.24) is 14.5 Å². The number of para-hydroxylation sites is 1. The second kappa shape index (κ2) is 9.77. The van der Waals surface area contributed by atoms with Crippen LogP contribution in [0.25, 0.3) is 16.6 Å². The predicted molar refractivity (Wildman–Crippen MR) is 134 cm³/mol. The predicted octanol–water partition coefficient (Wildman–Crippen LogP) is 6.31. The second-order valence-corrected chi connectivity index (χ2v) is 8.66. The molecule has 33 heavy (non-hydrogen) atoms. The average molecular weight is 480 g/mol. The molecule has 0 fully saturated rings. The van der Waals surface area contributed by atoms with Crippen LogP contribution in [0.2, 0.25) is 10.0 Å². The van der Waals surface area contributed by atoms with E-state index in [1.54, 1.807) is 64.1 Å². The molecule has 0 aliphatic rings. The first kappa shape index (κ1) is 23.0. The minimum Gasteiger partial charge on any atom is -0.329 e. The van der Waals surface area contributed by atoms with Crippen LogP contribution in [0.3, 0.4) is 0 Å². The number of aromatic nitrogens is 2. The van der Waals surface area contributed by atoms with E-state index in [9.17, 15) is 9.59 Å². The van der Waals surface area contributed by atoms with E-state index in [2.05, 4.69) is 0 Å². The van der Waals surface area contributed by atoms with Gasteiger partial charge >= 0.3 is 0 Å². The summed E-state index contributed by atoms with van der Waals surface area (Å²) in [7, 11) is 0. The summed E-state index contributed by atoms with van der Waals surface area (Å²) in [5.74, 6) is 0.317. The molecule has 1 aromatic heterocycles. The molecule has 0 radical (unpaired) electrons. The first-order valence-electron chi connectivity index (χ1n) is 10.7. The van der Waals surface area contributed by atoms with Crippen molar-refractivity contribution < 1.29 is 4.79 Å². The lowest BCUT2D eigenvalue weighted by molar-refractivity contribution is 0.0681. The maximum Gasteiger partial charge on any atom is 0.266 e. The van der Waals surface area contributed by atoms with E-state index < -0.39 is 6.04 Å². The molecule has 168 valence electrons. The molecule has 1 atom stereocenters. The monoisotopic (exact) mass is 479 g/mol. The van der Waals surface area contributed by atoms with E-state index >= 15 is 0 Å². The number of nitrogens with zero attached hydrogens (tertiary/aromatic N) is 3. The third kappa shape index (κ3) is 4.65. The molecule has 0 spiro atoms. The maximum atomic E-state index is 13.6. The zero-order valence-electron chi connectivity index (χ0n) is 18.3. The molecule has 0 bridgehead atoms. The topological polar surface area (TPSA) is 55.2 Å². The van der Waals surface area contributed by atoms with Gasteiger partial charge in [-0.05, 0) is 67.9 Å². The molecule has 0 saturated heterocycles. The van der Waals surface area contributed by atoms with Crippen LogP contribution in [0.15, 0.2) is 77.6 Å². The number of fused-ring (bicyclic) bond motifs is 1. The Hall–Kier alpha value is -3.15. The highest BCUT2D eigenvalue weighted by Crippen LogP contribution is 2.26. The molecule has 0 aliphatic carbocycles. The van der Waals surface area contributed by atoms with Crippen LogP contribution >= 0.6 is 23.2 Å². The molecule has 4 rings (SSSR count). The van der Waals surface area contributed by atoms with Crippen molar-refractivity contribution in [2.24, 2.45) is 0 Å². The van der Waals surface area contributed by atoms with Crippen LogP contribution in [-0.4, -0.2) is 26.9 Å². The molecular formula is C26H23Cl2N3O2. The smallest absolute Gasteiger partial charge is 0.266 e. The molecule has 3 aromatic carbocycles. The van der Waals surface area contributed by atoms with Crippen molar-refractivity contribution in [3.8, 4) is 5.69 Å². The Morgan fingerprint density at radius 1 is 1.00 bits per heavy atom. The summed E-state index contributed by atoms with van der Waals surface area (Å²) in [4.78, 5) is 33.6. The van der Waals surface area contributed by atoms with Crippen molar-refractivity contribution in [3.63, 3.8) is 0 Å². The van der Waals surface area contributed by atoms with Crippen LogP contribution in [0.5, 0.6) is 0 Å². The minimum atomic E-state index is -0.482. The molecule has 0 N–H and O–H groups in total. The quantitative estimate of drug-likeness (QED) is 0.325. The molecule has 0 aliphatic heterocycles. The Morgan fingerprint density at radius 3 is 2.42 bits per heavy atom. The summed E-state index contributed by atoms with van der Waals surface area (Å²) in [5.41, 5.74) is 1.50. The van der Waals surface area contributed by atoms with Crippen molar-refractivity contribution in [3.05, 3.63) is 105 Å². The standard InChI is InChI=1S/C26H23Cl2N3O2/c1-3-15-30(25(32)18-11-13-19(27)14-12-18)17(2)24-29-23-10-5-4-9-22(23)26(33)31(24)21-8-6-7-20(28)16-21/h4-14,16-17H,3,15H2,1-2H3. The van der Waals surface area contributed by atoms with E-state index in [0.717, 1.165) is 6.42 Å². The lowest BCUT2D eigenvalue weighted by Crippen LogP contribution is -2.38. The van der Waals surface area contributed by atoms with Crippen LogP contribution in [0, 0.1) is 0 Å². The number of rotatable bonds is 6. The third-order valence-electron chi connectivity index (χ3n) is 5.53. The van der Waals surface area contributed by atoms with Gasteiger partial charge in [-0.15, -0.1) is 0 Å². The molecule has 1 unspecified atom stereocenters. The van der Waals surface area contributed by atoms with Crippen LogP contribution in [0.4, 0.5) is 0 Å². The van der Waals surface area contributed by atoms with Gasteiger partial charge in [-0.1, -0.05) is 48.3 Å². The van der Waals surface area contributed by atoms with Gasteiger partial charge in [-0.25, -0.2) is 4.98 Å². The molecule has 5 nitrogen and oxygen atoms in total. The number of carbonyl (C=O) groups is 1. The van der Waals surface area contributed by atoms with E-state index in [-0.39, 0.29) is 11.5 Å². The summed E-state index contributed by atoms with van der Waals surface area (Å²) in [5, 5.41) is 1.57. The SMILES string of the molecule is CCCN(C(=O)c1ccc(Cl)cc1)C(C)c1nc2ccccc2c(=O)n1-c1cccc(Cl)c1. The largest absolute Gasteiger partial charge is 0.329 e. The van der Waals surface area contributed by atoms with E-state index in [1.807, 2.05) is 32.0 Å². The lowest BCUT2D eigenvalue weighted by Gasteiger charge is -2.30. The zero-order chi connectivity index (χ0) is 23.5. The van der Waals surface area contributed by atoms with E-state index in [0.29, 0.717) is 44.6 Å². The fourth-order valence-corrected chi connectivity index (χ4v) is 4.22. The minimum absolute atomic E-state index is 0.152. The van der Waals surface area contributed by atoms with Gasteiger partial charge in [0.15, 0.2) is 0 Å². The molecule has 1 amide bonds. The zero-order valence-corrected chi connectivity index (χ0v) is 19.8. The second-order valence-electron chi connectivity index (χ2n) is 7.79. The summed E-state index contributed by atoms with van der Waals surface area (Å²) in [6.45, 7) is 4.40. The van der Waals surface area contributed by atoms with Gasteiger partial charge < -0.3 is 4.90 Å². The number of hydrogen-bond acceptors (Lipinski definition) is 3. The van der Waals surface area contributed by atoms with Crippen LogP contribution in [0.1, 0.15) is 42.5 Å². The van der Waals surface area contributed by atoms with E-state index in [1.165, 1.54) is 0 Å². The molecule has 7 heteroatoms. The fraction of sp³-hybridized carbons (Fsp3) is 0.192. The highest BCUT2D eigenvalue weighted by Gasteiger charge is 2.27. The number of halogens is 2. The van der Waals surface area contributed by atoms with Gasteiger partial charge in [0, 0.05) is 22.2 Å². The van der Waals surface area contributed by atoms with Gasteiger partial charge in [-0.3, -0.25) is 14.2 Å². The highest BCUT2D eigenvalue weighted by molar-refractivity contribution is 6.31. The number of benzene rings is 3. The van der Waals surface area contributed by atoms with Crippen molar-refractivity contribution in [2.75, 3.05) is 6.54 Å². The van der Waals surface area contributed by atoms with E-state index in [4.69, 9.17) is 28.2 Å². The highest BCUT2D eigenvalue weighted by atomic mass is 35.5. The van der Waals surface area contributed by atoms with Crippen molar-refractivity contribution in [1.29, 1.82) is 0 Å². The molecule has 0 saturated carbocycles. The average Bonchev–Trinajstić information content (AvgIpc) is 2.82. The molecule has 4 aromatic rings. The van der Waals surface area contributed by atoms with Gasteiger partial charge in [0.25, 0.3) is 11.5 Å². The summed E-state index contributed by atoms with van der Waals surface area (Å²) < 4.78 is 1.55. The van der Waals surface area contributed by atoms with Gasteiger partial charge in [0.05, 0.1) is 22.6 Å². The Balaban J connectivity index is 1.90. The first-order valence-corrected chi connectivity index (χ1v) is 11.5. The number of amides is 1. The third-order valence-corrected chi connectivity index (χ3v) is 6.01. The van der Waals surface area contributed by atoms with Crippen molar-refractivity contribution in [2.45, 2.75) is 26.3 Å². The fourth-order valence-electron chi connectivity index (χ4n) is 3.90. The lowest BCUT2D eigenvalue weighted by atomic mass is 10.1. The van der Waals surface area contributed by atoms with Crippen LogP contribution < -0.4 is 5.56 Å². The van der Waals surface area contributed by atoms with Crippen molar-refractivity contribution >= 4 is 40.0 Å². The maximum absolute atomic E-state index is 13.6. The summed E-state index contributed by atoms with van der Waals surface area (Å²) in [6, 6.07) is 20.6. The summed E-state index contributed by atoms with van der Waals surface area (Å²) in [6.07, 6.45) is 0.749. The Bertz CT molecular complexity index is 1370. The first-order chi connectivity index (χ1) is 15.9. The Labute approximate surface area is 202 Å². The van der Waals surface area contributed by atoms with Crippen LogP contribution in [-0.2, 0) is 0 Å². The van der Waals surface area contributed by atoms with Gasteiger partial charge in [-0.2, -0.15) is 0 Å². The van der Waals surface area contributed by atoms with Gasteiger partial charge in [0.1, 0.15) is 5.82 Å². The number of carbonyl (C=O) groups excluding carboxylic acids is 1. The van der Waals surface area contributed by atoms with Gasteiger partial charge in [0.2, 0.25) is 0 Å². The molecular weight excluding hydrogens is 457 g/mol. The normalized spacial score (nSPS) is 12.0. The number of hydrogen-bond donors (Lipinski definition) is 0. The molecule has 1 heterocycles. The Kier molecular flexibility index (Phi) is 6.82. The summed E-state index contributed by atoms with van der Waals surface area (Å²) >= 11 is 12.2. The Morgan fingerprint density at radius 2 is 1.73 bits per heavy atom.